The van der Waals surface area contributed by atoms with Crippen molar-refractivity contribution in [3.63, 3.8) is 0 Å². The van der Waals surface area contributed by atoms with Crippen molar-refractivity contribution in [2.45, 2.75) is 39.2 Å². The zero-order chi connectivity index (χ0) is 14.3. The van der Waals surface area contributed by atoms with Crippen molar-refractivity contribution in [1.29, 1.82) is 0 Å². The van der Waals surface area contributed by atoms with Crippen LogP contribution in [0.3, 0.4) is 0 Å². The third kappa shape index (κ3) is 1.98. The minimum atomic E-state index is 0.285. The summed E-state index contributed by atoms with van der Waals surface area (Å²) in [4.78, 5) is 4.56. The van der Waals surface area contributed by atoms with Gasteiger partial charge in [-0.2, -0.15) is 5.10 Å². The summed E-state index contributed by atoms with van der Waals surface area (Å²) in [6, 6.07) is 0.285. The van der Waals surface area contributed by atoms with Crippen molar-refractivity contribution in [1.82, 2.24) is 19.3 Å². The first-order valence-electron chi connectivity index (χ1n) is 7.40. The van der Waals surface area contributed by atoms with Crippen LogP contribution < -0.4 is 5.73 Å². The largest absolute Gasteiger partial charge is 0.381 e. The Morgan fingerprint density at radius 2 is 2.30 bits per heavy atom. The van der Waals surface area contributed by atoms with Gasteiger partial charge in [-0.05, 0) is 19.8 Å². The third-order valence-electron chi connectivity index (χ3n) is 4.30. The maximum absolute atomic E-state index is 6.17. The topological polar surface area (TPSA) is 70.9 Å². The highest BCUT2D eigenvalue weighted by Gasteiger charge is 2.28. The van der Waals surface area contributed by atoms with Crippen molar-refractivity contribution in [3.8, 4) is 0 Å². The van der Waals surface area contributed by atoms with Gasteiger partial charge in [-0.15, -0.1) is 0 Å². The van der Waals surface area contributed by atoms with Gasteiger partial charge in [-0.1, -0.05) is 13.3 Å². The summed E-state index contributed by atoms with van der Waals surface area (Å²) in [5, 5.41) is 4.60. The van der Waals surface area contributed by atoms with E-state index in [2.05, 4.69) is 28.5 Å². The second kappa shape index (κ2) is 5.09. The van der Waals surface area contributed by atoms with Crippen molar-refractivity contribution in [2.75, 3.05) is 18.9 Å². The fourth-order valence-corrected chi connectivity index (χ4v) is 3.17. The summed E-state index contributed by atoms with van der Waals surface area (Å²) in [7, 11) is 1.97. The lowest BCUT2D eigenvalue weighted by Crippen LogP contribution is -2.19. The Kier molecular flexibility index (Phi) is 3.41. The summed E-state index contributed by atoms with van der Waals surface area (Å²) < 4.78 is 9.54. The van der Waals surface area contributed by atoms with Gasteiger partial charge in [0.2, 0.25) is 5.95 Å². The lowest BCUT2D eigenvalue weighted by molar-refractivity contribution is 0.176. The Bertz CT molecular complexity index is 609. The second-order valence-electron chi connectivity index (χ2n) is 5.70. The molecule has 1 aliphatic rings. The van der Waals surface area contributed by atoms with Crippen LogP contribution >= 0.6 is 0 Å². The SMILES string of the molecule is CCCc1nn(C)c2c1nc(N)n2C(C)C1CCOC1. The van der Waals surface area contributed by atoms with Crippen molar-refractivity contribution >= 4 is 17.1 Å². The maximum atomic E-state index is 6.17. The van der Waals surface area contributed by atoms with Gasteiger partial charge in [0.05, 0.1) is 12.3 Å². The van der Waals surface area contributed by atoms with E-state index in [1.807, 2.05) is 11.7 Å². The number of nitrogens with zero attached hydrogens (tertiary/aromatic N) is 4. The molecule has 2 atom stereocenters. The molecule has 1 saturated heterocycles. The molecule has 3 heterocycles. The number of hydrogen-bond acceptors (Lipinski definition) is 4. The number of hydrogen-bond donors (Lipinski definition) is 1. The molecule has 110 valence electrons. The molecule has 20 heavy (non-hydrogen) atoms. The Morgan fingerprint density at radius 3 is 2.95 bits per heavy atom. The molecule has 0 aliphatic carbocycles. The van der Waals surface area contributed by atoms with Crippen LogP contribution in [0.2, 0.25) is 0 Å². The van der Waals surface area contributed by atoms with E-state index >= 15 is 0 Å². The number of nitrogen functional groups attached to an aromatic ring is 1. The minimum absolute atomic E-state index is 0.285. The number of rotatable bonds is 4. The van der Waals surface area contributed by atoms with E-state index < -0.39 is 0 Å². The zero-order valence-electron chi connectivity index (χ0n) is 12.5. The number of aromatic nitrogens is 4. The standard InChI is InChI=1S/C14H23N5O/c1-4-5-11-12-13(18(3)17-11)19(14(15)16-12)9(2)10-6-7-20-8-10/h9-10H,4-8H2,1-3H3,(H2,15,16). The van der Waals surface area contributed by atoms with E-state index in [1.54, 1.807) is 0 Å². The molecule has 0 bridgehead atoms. The quantitative estimate of drug-likeness (QED) is 0.926. The number of nitrogens with two attached hydrogens (primary N) is 1. The van der Waals surface area contributed by atoms with Crippen LogP contribution in [-0.2, 0) is 18.2 Å². The number of imidazole rings is 1. The molecule has 6 heteroatoms. The Labute approximate surface area is 118 Å². The second-order valence-corrected chi connectivity index (χ2v) is 5.70. The summed E-state index contributed by atoms with van der Waals surface area (Å²) in [5.41, 5.74) is 9.21. The van der Waals surface area contributed by atoms with Crippen LogP contribution in [0.1, 0.15) is 38.4 Å². The highest BCUT2D eigenvalue weighted by molar-refractivity contribution is 5.78. The van der Waals surface area contributed by atoms with Crippen LogP contribution in [0.15, 0.2) is 0 Å². The maximum Gasteiger partial charge on any atom is 0.202 e. The van der Waals surface area contributed by atoms with Gasteiger partial charge in [0.1, 0.15) is 5.52 Å². The first kappa shape index (κ1) is 13.4. The smallest absolute Gasteiger partial charge is 0.202 e. The third-order valence-corrected chi connectivity index (χ3v) is 4.30. The van der Waals surface area contributed by atoms with Gasteiger partial charge in [0.15, 0.2) is 5.65 Å². The van der Waals surface area contributed by atoms with Crippen molar-refractivity contribution in [3.05, 3.63) is 5.69 Å². The number of fused-ring (bicyclic) bond motifs is 1. The normalized spacial score (nSPS) is 20.9. The predicted molar refractivity (Wildman–Crippen MR) is 78.5 cm³/mol. The van der Waals surface area contributed by atoms with E-state index in [1.165, 1.54) is 0 Å². The highest BCUT2D eigenvalue weighted by Crippen LogP contribution is 2.32. The van der Waals surface area contributed by atoms with Gasteiger partial charge in [-0.25, -0.2) is 4.98 Å². The fourth-order valence-electron chi connectivity index (χ4n) is 3.17. The first-order valence-corrected chi connectivity index (χ1v) is 7.40. The van der Waals surface area contributed by atoms with Crippen LogP contribution in [0.5, 0.6) is 0 Å². The highest BCUT2D eigenvalue weighted by atomic mass is 16.5. The Morgan fingerprint density at radius 1 is 1.50 bits per heavy atom. The number of ether oxygens (including phenoxy) is 1. The van der Waals surface area contributed by atoms with Crippen molar-refractivity contribution < 1.29 is 4.74 Å². The fraction of sp³-hybridized carbons (Fsp3) is 0.714. The molecular formula is C14H23N5O. The molecule has 1 fully saturated rings. The molecule has 2 aromatic rings. The Balaban J connectivity index is 2.07. The first-order chi connectivity index (χ1) is 9.63. The summed E-state index contributed by atoms with van der Waals surface area (Å²) in [6.45, 7) is 6.00. The summed E-state index contributed by atoms with van der Waals surface area (Å²) >= 11 is 0. The predicted octanol–water partition coefficient (Wildman–Crippen LogP) is 1.90. The average Bonchev–Trinajstić information content (AvgIpc) is 3.09. The minimum Gasteiger partial charge on any atom is -0.381 e. The Hall–Kier alpha value is -1.56. The molecule has 2 N–H and O–H groups in total. The summed E-state index contributed by atoms with van der Waals surface area (Å²) in [6.07, 6.45) is 3.08. The van der Waals surface area contributed by atoms with E-state index in [9.17, 15) is 0 Å². The van der Waals surface area contributed by atoms with Gasteiger partial charge in [0, 0.05) is 25.6 Å². The number of anilines is 1. The van der Waals surface area contributed by atoms with Crippen molar-refractivity contribution in [2.24, 2.45) is 13.0 Å². The summed E-state index contributed by atoms with van der Waals surface area (Å²) in [5.74, 6) is 1.09. The van der Waals surface area contributed by atoms with E-state index in [0.717, 1.165) is 49.3 Å². The van der Waals surface area contributed by atoms with E-state index in [4.69, 9.17) is 10.5 Å². The van der Waals surface area contributed by atoms with E-state index in [0.29, 0.717) is 11.9 Å². The van der Waals surface area contributed by atoms with E-state index in [-0.39, 0.29) is 6.04 Å². The molecule has 6 nitrogen and oxygen atoms in total. The lowest BCUT2D eigenvalue weighted by Gasteiger charge is -2.21. The van der Waals surface area contributed by atoms with Gasteiger partial charge in [0.25, 0.3) is 0 Å². The molecule has 0 spiro atoms. The molecular weight excluding hydrogens is 254 g/mol. The van der Waals surface area contributed by atoms with Crippen LogP contribution in [0, 0.1) is 5.92 Å². The molecule has 0 saturated carbocycles. The van der Waals surface area contributed by atoms with Crippen LogP contribution in [0.25, 0.3) is 11.2 Å². The molecule has 1 aliphatic heterocycles. The monoisotopic (exact) mass is 277 g/mol. The molecule has 3 rings (SSSR count). The van der Waals surface area contributed by atoms with Crippen LogP contribution in [0.4, 0.5) is 5.95 Å². The zero-order valence-corrected chi connectivity index (χ0v) is 12.5. The van der Waals surface area contributed by atoms with Gasteiger partial charge in [-0.3, -0.25) is 9.25 Å². The molecule has 2 aromatic heterocycles. The molecule has 2 unspecified atom stereocenters. The van der Waals surface area contributed by atoms with Crippen LogP contribution in [-0.4, -0.2) is 32.5 Å². The molecule has 0 amide bonds. The number of aryl methyl sites for hydroxylation is 2. The molecule has 0 radical (unpaired) electrons. The molecule has 0 aromatic carbocycles. The van der Waals surface area contributed by atoms with Gasteiger partial charge >= 0.3 is 0 Å². The van der Waals surface area contributed by atoms with Gasteiger partial charge < -0.3 is 10.5 Å². The average molecular weight is 277 g/mol. The lowest BCUT2D eigenvalue weighted by atomic mass is 10.0.